The van der Waals surface area contributed by atoms with Gasteiger partial charge in [0.15, 0.2) is 0 Å². The van der Waals surface area contributed by atoms with E-state index in [1.165, 1.54) is 5.56 Å². The molecular formula is C16H20N2OS. The monoisotopic (exact) mass is 288 g/mol. The van der Waals surface area contributed by atoms with E-state index >= 15 is 0 Å². The Morgan fingerprint density at radius 2 is 1.85 bits per heavy atom. The van der Waals surface area contributed by atoms with Crippen LogP contribution in [0.3, 0.4) is 0 Å². The van der Waals surface area contributed by atoms with Crippen molar-refractivity contribution in [3.63, 3.8) is 0 Å². The van der Waals surface area contributed by atoms with Gasteiger partial charge >= 0.3 is 0 Å². The largest absolute Gasteiger partial charge is 0.476 e. The summed E-state index contributed by atoms with van der Waals surface area (Å²) in [4.78, 5) is 5.63. The molecule has 0 saturated heterocycles. The van der Waals surface area contributed by atoms with Gasteiger partial charge in [-0.2, -0.15) is 0 Å². The van der Waals surface area contributed by atoms with Crippen LogP contribution in [0.4, 0.5) is 5.69 Å². The lowest BCUT2D eigenvalue weighted by molar-refractivity contribution is 0.261. The number of nitrogen functional groups attached to an aromatic ring is 1. The molecule has 0 amide bonds. The summed E-state index contributed by atoms with van der Waals surface area (Å²) in [7, 11) is 0. The molecule has 2 aromatic rings. The van der Waals surface area contributed by atoms with Crippen LogP contribution in [0.5, 0.6) is 5.88 Å². The molecule has 0 aliphatic heterocycles. The number of hydrogen-bond donors (Lipinski definition) is 1. The van der Waals surface area contributed by atoms with E-state index in [2.05, 4.69) is 50.0 Å². The third kappa shape index (κ3) is 4.17. The van der Waals surface area contributed by atoms with Crippen LogP contribution in [0, 0.1) is 12.8 Å². The van der Waals surface area contributed by atoms with Gasteiger partial charge in [-0.1, -0.05) is 43.3 Å². The first kappa shape index (κ1) is 14.7. The zero-order chi connectivity index (χ0) is 14.5. The summed E-state index contributed by atoms with van der Waals surface area (Å²) >= 11 is 1.61. The Morgan fingerprint density at radius 3 is 2.50 bits per heavy atom. The van der Waals surface area contributed by atoms with Crippen molar-refractivity contribution >= 4 is 17.4 Å². The number of aromatic nitrogens is 1. The van der Waals surface area contributed by atoms with E-state index in [1.807, 2.05) is 12.1 Å². The Bertz CT molecular complexity index is 567. The van der Waals surface area contributed by atoms with Crippen LogP contribution < -0.4 is 10.5 Å². The summed E-state index contributed by atoms with van der Waals surface area (Å²) in [6.07, 6.45) is 0. The highest BCUT2D eigenvalue weighted by molar-refractivity contribution is 7.99. The summed E-state index contributed by atoms with van der Waals surface area (Å²) in [5, 5.41) is 0.891. The fourth-order valence-electron chi connectivity index (χ4n) is 1.58. The number of ether oxygens (including phenoxy) is 1. The second kappa shape index (κ2) is 6.66. The number of hydrogen-bond acceptors (Lipinski definition) is 4. The van der Waals surface area contributed by atoms with Crippen LogP contribution in [-0.4, -0.2) is 11.6 Å². The first-order valence-electron chi connectivity index (χ1n) is 6.68. The van der Waals surface area contributed by atoms with Crippen LogP contribution in [0.25, 0.3) is 0 Å². The lowest BCUT2D eigenvalue weighted by Gasteiger charge is -2.11. The van der Waals surface area contributed by atoms with Crippen molar-refractivity contribution in [3.8, 4) is 5.88 Å². The summed E-state index contributed by atoms with van der Waals surface area (Å²) < 4.78 is 5.65. The van der Waals surface area contributed by atoms with E-state index in [0.717, 1.165) is 9.92 Å². The summed E-state index contributed by atoms with van der Waals surface area (Å²) in [5.74, 6) is 0.973. The van der Waals surface area contributed by atoms with Crippen molar-refractivity contribution in [2.75, 3.05) is 12.3 Å². The number of nitrogens with zero attached hydrogens (tertiary/aromatic N) is 1. The number of benzene rings is 1. The molecule has 0 aliphatic carbocycles. The predicted molar refractivity (Wildman–Crippen MR) is 84.3 cm³/mol. The van der Waals surface area contributed by atoms with E-state index in [9.17, 15) is 0 Å². The number of nitrogens with two attached hydrogens (primary N) is 1. The number of aryl methyl sites for hydroxylation is 1. The molecule has 1 aromatic heterocycles. The van der Waals surface area contributed by atoms with Gasteiger partial charge < -0.3 is 10.5 Å². The molecule has 2 rings (SSSR count). The van der Waals surface area contributed by atoms with Crippen LogP contribution in [0.1, 0.15) is 19.4 Å². The maximum Gasteiger partial charge on any atom is 0.238 e. The van der Waals surface area contributed by atoms with Crippen molar-refractivity contribution < 1.29 is 4.74 Å². The molecule has 0 fully saturated rings. The SMILES string of the molecule is Cc1ccc(Sc2ccc(N)c(OCC(C)C)n2)cc1. The number of anilines is 1. The highest BCUT2D eigenvalue weighted by Gasteiger charge is 2.07. The normalized spacial score (nSPS) is 10.8. The fourth-order valence-corrected chi connectivity index (χ4v) is 2.36. The minimum atomic E-state index is 0.449. The summed E-state index contributed by atoms with van der Waals surface area (Å²) in [6, 6.07) is 12.1. The second-order valence-corrected chi connectivity index (χ2v) is 6.26. The van der Waals surface area contributed by atoms with Crippen molar-refractivity contribution in [1.82, 2.24) is 4.98 Å². The first-order valence-corrected chi connectivity index (χ1v) is 7.50. The third-order valence-corrected chi connectivity index (χ3v) is 3.61. The van der Waals surface area contributed by atoms with Crippen molar-refractivity contribution in [2.45, 2.75) is 30.7 Å². The van der Waals surface area contributed by atoms with Gasteiger partial charge in [0.25, 0.3) is 0 Å². The van der Waals surface area contributed by atoms with E-state index < -0.39 is 0 Å². The Hall–Kier alpha value is -1.68. The Morgan fingerprint density at radius 1 is 1.15 bits per heavy atom. The number of rotatable bonds is 5. The first-order chi connectivity index (χ1) is 9.54. The Labute approximate surface area is 124 Å². The topological polar surface area (TPSA) is 48.1 Å². The average Bonchev–Trinajstić information content (AvgIpc) is 2.42. The molecule has 0 radical (unpaired) electrons. The van der Waals surface area contributed by atoms with Crippen molar-refractivity contribution in [1.29, 1.82) is 0 Å². The molecule has 4 heteroatoms. The highest BCUT2D eigenvalue weighted by atomic mass is 32.2. The van der Waals surface area contributed by atoms with Crippen molar-refractivity contribution in [3.05, 3.63) is 42.0 Å². The van der Waals surface area contributed by atoms with Gasteiger partial charge in [0.05, 0.1) is 12.3 Å². The molecule has 1 aromatic carbocycles. The lowest BCUT2D eigenvalue weighted by atomic mass is 10.2. The van der Waals surface area contributed by atoms with Gasteiger partial charge in [-0.05, 0) is 37.1 Å². The third-order valence-electron chi connectivity index (χ3n) is 2.66. The van der Waals surface area contributed by atoms with Gasteiger partial charge in [0.2, 0.25) is 5.88 Å². The lowest BCUT2D eigenvalue weighted by Crippen LogP contribution is -2.07. The zero-order valence-corrected chi connectivity index (χ0v) is 12.9. The maximum absolute atomic E-state index is 5.89. The molecule has 20 heavy (non-hydrogen) atoms. The van der Waals surface area contributed by atoms with Gasteiger partial charge in [-0.15, -0.1) is 0 Å². The number of pyridine rings is 1. The standard InChI is InChI=1S/C16H20N2OS/c1-11(2)10-19-16-14(17)8-9-15(18-16)20-13-6-4-12(3)5-7-13/h4-9,11H,10,17H2,1-3H3. The minimum absolute atomic E-state index is 0.449. The molecule has 2 N–H and O–H groups in total. The molecule has 0 spiro atoms. The van der Waals surface area contributed by atoms with Crippen molar-refractivity contribution in [2.24, 2.45) is 5.92 Å². The molecular weight excluding hydrogens is 268 g/mol. The smallest absolute Gasteiger partial charge is 0.238 e. The zero-order valence-electron chi connectivity index (χ0n) is 12.1. The van der Waals surface area contributed by atoms with E-state index in [4.69, 9.17) is 10.5 Å². The molecule has 0 atom stereocenters. The van der Waals surface area contributed by atoms with Crippen LogP contribution in [-0.2, 0) is 0 Å². The molecule has 0 aliphatic rings. The highest BCUT2D eigenvalue weighted by Crippen LogP contribution is 2.30. The molecule has 0 unspecified atom stereocenters. The van der Waals surface area contributed by atoms with Gasteiger partial charge in [0, 0.05) is 4.90 Å². The quantitative estimate of drug-likeness (QED) is 0.897. The van der Waals surface area contributed by atoms with Crippen LogP contribution >= 0.6 is 11.8 Å². The van der Waals surface area contributed by atoms with Gasteiger partial charge in [-0.3, -0.25) is 0 Å². The predicted octanol–water partition coefficient (Wildman–Crippen LogP) is 4.16. The molecule has 0 saturated carbocycles. The van der Waals surface area contributed by atoms with E-state index in [-0.39, 0.29) is 0 Å². The van der Waals surface area contributed by atoms with Crippen LogP contribution in [0.2, 0.25) is 0 Å². The van der Waals surface area contributed by atoms with Gasteiger partial charge in [0.1, 0.15) is 5.03 Å². The molecule has 1 heterocycles. The average molecular weight is 288 g/mol. The summed E-state index contributed by atoms with van der Waals surface area (Å²) in [6.45, 7) is 6.89. The Kier molecular flexibility index (Phi) is 4.90. The van der Waals surface area contributed by atoms with E-state index in [1.54, 1.807) is 11.8 Å². The second-order valence-electron chi connectivity index (χ2n) is 5.16. The fraction of sp³-hybridized carbons (Fsp3) is 0.312. The van der Waals surface area contributed by atoms with Crippen LogP contribution in [0.15, 0.2) is 46.3 Å². The molecule has 0 bridgehead atoms. The summed E-state index contributed by atoms with van der Waals surface area (Å²) in [5.41, 5.74) is 7.73. The Balaban J connectivity index is 2.12. The van der Waals surface area contributed by atoms with E-state index in [0.29, 0.717) is 24.1 Å². The molecule has 106 valence electrons. The maximum atomic E-state index is 5.89. The minimum Gasteiger partial charge on any atom is -0.476 e. The molecule has 3 nitrogen and oxygen atoms in total. The van der Waals surface area contributed by atoms with Gasteiger partial charge in [-0.25, -0.2) is 4.98 Å².